The minimum atomic E-state index is -1.04. The van der Waals surface area contributed by atoms with Gasteiger partial charge in [0, 0.05) is 12.3 Å². The zero-order valence-electron chi connectivity index (χ0n) is 17.1. The Morgan fingerprint density at radius 3 is 2.41 bits per heavy atom. The molecular formula is C18H32N4O5S2. The summed E-state index contributed by atoms with van der Waals surface area (Å²) in [7, 11) is 0. The maximum Gasteiger partial charge on any atom is 0.326 e. The van der Waals surface area contributed by atoms with Crippen molar-refractivity contribution in [3.8, 4) is 0 Å². The van der Waals surface area contributed by atoms with Crippen molar-refractivity contribution in [2.24, 2.45) is 11.7 Å². The SMILES string of the molecule is CSCCC(NC(=O)C(NC(=O)C(N)CS)C(C)C)C(=O)N1CCCC1C(=O)O. The van der Waals surface area contributed by atoms with E-state index in [4.69, 9.17) is 5.73 Å². The van der Waals surface area contributed by atoms with Crippen molar-refractivity contribution in [1.82, 2.24) is 15.5 Å². The van der Waals surface area contributed by atoms with E-state index in [1.807, 2.05) is 6.26 Å². The van der Waals surface area contributed by atoms with Gasteiger partial charge in [-0.05, 0) is 37.2 Å². The minimum absolute atomic E-state index is 0.138. The molecular weight excluding hydrogens is 416 g/mol. The second kappa shape index (κ2) is 12.3. The Morgan fingerprint density at radius 1 is 1.24 bits per heavy atom. The average molecular weight is 449 g/mol. The van der Waals surface area contributed by atoms with Gasteiger partial charge in [-0.25, -0.2) is 4.79 Å². The third-order valence-electron chi connectivity index (χ3n) is 4.83. The van der Waals surface area contributed by atoms with E-state index in [0.29, 0.717) is 31.6 Å². The standard InChI is InChI=1S/C18H32N4O5S2/c1-10(2)14(21-15(23)11(19)9-28)16(24)20-12(6-8-29-3)17(25)22-7-4-5-13(22)18(26)27/h10-14,28H,4-9,19H2,1-3H3,(H,20,24)(H,21,23)(H,26,27). The van der Waals surface area contributed by atoms with Gasteiger partial charge in [0.05, 0.1) is 6.04 Å². The van der Waals surface area contributed by atoms with Crippen LogP contribution < -0.4 is 16.4 Å². The van der Waals surface area contributed by atoms with Crippen LogP contribution >= 0.6 is 24.4 Å². The monoisotopic (exact) mass is 448 g/mol. The molecule has 1 heterocycles. The fourth-order valence-corrected chi connectivity index (χ4v) is 3.76. The van der Waals surface area contributed by atoms with Gasteiger partial charge in [0.1, 0.15) is 18.1 Å². The van der Waals surface area contributed by atoms with Crippen LogP contribution in [0.25, 0.3) is 0 Å². The summed E-state index contributed by atoms with van der Waals surface area (Å²) in [6, 6.07) is -3.44. The van der Waals surface area contributed by atoms with Gasteiger partial charge in [0.25, 0.3) is 0 Å². The smallest absolute Gasteiger partial charge is 0.326 e. The van der Waals surface area contributed by atoms with E-state index in [0.717, 1.165) is 0 Å². The maximum atomic E-state index is 13.0. The van der Waals surface area contributed by atoms with Crippen LogP contribution in [-0.2, 0) is 19.2 Å². The number of hydrogen-bond acceptors (Lipinski definition) is 7. The number of nitrogens with one attached hydrogen (secondary N) is 2. The number of aliphatic carboxylic acids is 1. The topological polar surface area (TPSA) is 142 Å². The second-order valence-corrected chi connectivity index (χ2v) is 8.74. The largest absolute Gasteiger partial charge is 0.480 e. The molecule has 4 unspecified atom stereocenters. The lowest BCUT2D eigenvalue weighted by atomic mass is 10.0. The molecule has 0 aromatic heterocycles. The number of thiol groups is 1. The molecule has 1 saturated heterocycles. The molecule has 5 N–H and O–H groups in total. The van der Waals surface area contributed by atoms with Gasteiger partial charge in [-0.3, -0.25) is 14.4 Å². The highest BCUT2D eigenvalue weighted by Gasteiger charge is 2.38. The molecule has 1 aliphatic heterocycles. The van der Waals surface area contributed by atoms with Crippen LogP contribution in [0.1, 0.15) is 33.1 Å². The van der Waals surface area contributed by atoms with E-state index in [1.165, 1.54) is 16.7 Å². The molecule has 1 fully saturated rings. The number of hydrogen-bond donors (Lipinski definition) is 5. The van der Waals surface area contributed by atoms with E-state index in [2.05, 4.69) is 23.3 Å². The van der Waals surface area contributed by atoms with Crippen LogP contribution in [0.4, 0.5) is 0 Å². The highest BCUT2D eigenvalue weighted by Crippen LogP contribution is 2.20. The van der Waals surface area contributed by atoms with Crippen molar-refractivity contribution < 1.29 is 24.3 Å². The van der Waals surface area contributed by atoms with Gasteiger partial charge in [-0.15, -0.1) is 0 Å². The quantitative estimate of drug-likeness (QED) is 0.273. The fourth-order valence-electron chi connectivity index (χ4n) is 3.12. The molecule has 4 atom stereocenters. The van der Waals surface area contributed by atoms with Crippen LogP contribution in [0.15, 0.2) is 0 Å². The Hall–Kier alpha value is -1.46. The van der Waals surface area contributed by atoms with E-state index < -0.39 is 47.9 Å². The van der Waals surface area contributed by atoms with Gasteiger partial charge in [-0.1, -0.05) is 13.8 Å². The van der Waals surface area contributed by atoms with E-state index in [-0.39, 0.29) is 11.7 Å². The van der Waals surface area contributed by atoms with Crippen molar-refractivity contribution in [2.75, 3.05) is 24.3 Å². The highest BCUT2D eigenvalue weighted by molar-refractivity contribution is 7.98. The van der Waals surface area contributed by atoms with Crippen molar-refractivity contribution in [3.05, 3.63) is 0 Å². The first-order chi connectivity index (χ1) is 13.6. The predicted octanol–water partition coefficient (Wildman–Crippen LogP) is -0.302. The van der Waals surface area contributed by atoms with Crippen LogP contribution in [-0.4, -0.2) is 82.2 Å². The van der Waals surface area contributed by atoms with Crippen LogP contribution in [0.5, 0.6) is 0 Å². The zero-order chi connectivity index (χ0) is 22.1. The molecule has 9 nitrogen and oxygen atoms in total. The van der Waals surface area contributed by atoms with Crippen LogP contribution in [0.2, 0.25) is 0 Å². The van der Waals surface area contributed by atoms with E-state index >= 15 is 0 Å². The number of carboxylic acid groups (broad SMARTS) is 1. The number of carboxylic acids is 1. The molecule has 29 heavy (non-hydrogen) atoms. The Bertz CT molecular complexity index is 605. The summed E-state index contributed by atoms with van der Waals surface area (Å²) >= 11 is 5.51. The third-order valence-corrected chi connectivity index (χ3v) is 5.86. The lowest BCUT2D eigenvalue weighted by Gasteiger charge is -2.29. The van der Waals surface area contributed by atoms with Gasteiger partial charge in [0.15, 0.2) is 0 Å². The Labute approximate surface area is 181 Å². The third kappa shape index (κ3) is 7.38. The summed E-state index contributed by atoms with van der Waals surface area (Å²) in [4.78, 5) is 50.7. The summed E-state index contributed by atoms with van der Waals surface area (Å²) in [6.45, 7) is 3.90. The minimum Gasteiger partial charge on any atom is -0.480 e. The number of amides is 3. The Morgan fingerprint density at radius 2 is 1.90 bits per heavy atom. The van der Waals surface area contributed by atoms with Gasteiger partial charge in [-0.2, -0.15) is 24.4 Å². The molecule has 0 bridgehead atoms. The second-order valence-electron chi connectivity index (χ2n) is 7.39. The van der Waals surface area contributed by atoms with Crippen molar-refractivity contribution in [2.45, 2.75) is 57.3 Å². The number of carbonyl (C=O) groups is 4. The molecule has 11 heteroatoms. The molecule has 0 aliphatic carbocycles. The molecule has 0 spiro atoms. The van der Waals surface area contributed by atoms with Crippen molar-refractivity contribution in [1.29, 1.82) is 0 Å². The predicted molar refractivity (Wildman–Crippen MR) is 116 cm³/mol. The number of nitrogens with zero attached hydrogens (tertiary/aromatic N) is 1. The lowest BCUT2D eigenvalue weighted by molar-refractivity contribution is -0.149. The van der Waals surface area contributed by atoms with Gasteiger partial charge < -0.3 is 26.4 Å². The fraction of sp³-hybridized carbons (Fsp3) is 0.778. The first kappa shape index (κ1) is 25.6. The summed E-state index contributed by atoms with van der Waals surface area (Å²) < 4.78 is 0. The first-order valence-corrected chi connectivity index (χ1v) is 11.7. The van der Waals surface area contributed by atoms with E-state index in [9.17, 15) is 24.3 Å². The lowest BCUT2D eigenvalue weighted by Crippen LogP contribution is -2.58. The average Bonchev–Trinajstić information content (AvgIpc) is 3.17. The van der Waals surface area contributed by atoms with Crippen molar-refractivity contribution >= 4 is 48.1 Å². The molecule has 3 amide bonds. The van der Waals surface area contributed by atoms with E-state index in [1.54, 1.807) is 13.8 Å². The molecule has 0 radical (unpaired) electrons. The molecule has 1 aliphatic rings. The number of carbonyl (C=O) groups excluding carboxylic acids is 3. The summed E-state index contributed by atoms with van der Waals surface area (Å²) in [5.74, 6) is -1.92. The van der Waals surface area contributed by atoms with Crippen LogP contribution in [0, 0.1) is 5.92 Å². The Balaban J connectivity index is 2.93. The normalized spacial score (nSPS) is 19.5. The number of thioether (sulfide) groups is 1. The molecule has 0 saturated carbocycles. The first-order valence-electron chi connectivity index (χ1n) is 9.63. The number of rotatable bonds is 11. The maximum absolute atomic E-state index is 13.0. The Kier molecular flexibility index (Phi) is 10.8. The summed E-state index contributed by atoms with van der Waals surface area (Å²) in [6.07, 6.45) is 3.26. The summed E-state index contributed by atoms with van der Waals surface area (Å²) in [5, 5.41) is 14.7. The molecule has 1 rings (SSSR count). The molecule has 0 aromatic rings. The molecule has 166 valence electrons. The van der Waals surface area contributed by atoms with Crippen LogP contribution in [0.3, 0.4) is 0 Å². The van der Waals surface area contributed by atoms with Gasteiger partial charge in [0.2, 0.25) is 17.7 Å². The zero-order valence-corrected chi connectivity index (χ0v) is 18.8. The summed E-state index contributed by atoms with van der Waals surface area (Å²) in [5.41, 5.74) is 5.67. The number of nitrogens with two attached hydrogens (primary N) is 1. The number of likely N-dealkylation sites (tertiary alicyclic amines) is 1. The highest BCUT2D eigenvalue weighted by atomic mass is 32.2. The van der Waals surface area contributed by atoms with Crippen molar-refractivity contribution in [3.63, 3.8) is 0 Å². The van der Waals surface area contributed by atoms with Gasteiger partial charge >= 0.3 is 5.97 Å². The molecule has 0 aromatic carbocycles.